The van der Waals surface area contributed by atoms with Crippen LogP contribution in [0.25, 0.3) is 11.3 Å². The zero-order chi connectivity index (χ0) is 18.7. The maximum atomic E-state index is 10.9. The number of hydrogen-bond acceptors (Lipinski definition) is 5. The van der Waals surface area contributed by atoms with Crippen LogP contribution in [0, 0.1) is 30.9 Å². The topological polar surface area (TPSA) is 80.7 Å². The predicted molar refractivity (Wildman–Crippen MR) is 103 cm³/mol. The fourth-order valence-electron chi connectivity index (χ4n) is 2.70. The minimum atomic E-state index is -0.391. The summed E-state index contributed by atoms with van der Waals surface area (Å²) in [5.41, 5.74) is 7.73. The van der Waals surface area contributed by atoms with Crippen molar-refractivity contribution in [2.75, 3.05) is 5.43 Å². The molecule has 6 nitrogen and oxygen atoms in total. The highest BCUT2D eigenvalue weighted by molar-refractivity contribution is 5.78. The molecular formula is C20H19N3O3. The molecule has 0 aliphatic rings. The molecule has 0 saturated carbocycles. The van der Waals surface area contributed by atoms with Crippen LogP contribution < -0.4 is 5.43 Å². The van der Waals surface area contributed by atoms with Crippen molar-refractivity contribution in [1.29, 1.82) is 0 Å². The van der Waals surface area contributed by atoms with Crippen molar-refractivity contribution in [3.63, 3.8) is 0 Å². The van der Waals surface area contributed by atoms with Crippen LogP contribution in [0.1, 0.15) is 22.5 Å². The highest BCUT2D eigenvalue weighted by Crippen LogP contribution is 2.27. The highest BCUT2D eigenvalue weighted by atomic mass is 16.6. The average Bonchev–Trinajstić information content (AvgIpc) is 3.05. The van der Waals surface area contributed by atoms with Gasteiger partial charge in [-0.15, -0.1) is 0 Å². The van der Waals surface area contributed by atoms with E-state index in [4.69, 9.17) is 4.42 Å². The lowest BCUT2D eigenvalue weighted by Gasteiger charge is -2.05. The van der Waals surface area contributed by atoms with E-state index in [1.165, 1.54) is 11.6 Å². The number of anilines is 1. The fourth-order valence-corrected chi connectivity index (χ4v) is 2.70. The Bertz CT molecular complexity index is 990. The Hall–Kier alpha value is -3.41. The Morgan fingerprint density at radius 1 is 1.04 bits per heavy atom. The summed E-state index contributed by atoms with van der Waals surface area (Å²) in [6, 6.07) is 14.6. The van der Waals surface area contributed by atoms with Crippen molar-refractivity contribution in [3.8, 4) is 11.3 Å². The van der Waals surface area contributed by atoms with E-state index < -0.39 is 4.92 Å². The van der Waals surface area contributed by atoms with Gasteiger partial charge in [-0.2, -0.15) is 5.10 Å². The molecule has 6 heteroatoms. The second-order valence-electron chi connectivity index (χ2n) is 6.15. The number of nitrogens with zero attached hydrogens (tertiary/aromatic N) is 2. The van der Waals surface area contributed by atoms with Gasteiger partial charge in [0.25, 0.3) is 5.69 Å². The molecule has 0 fully saturated rings. The maximum absolute atomic E-state index is 10.9. The summed E-state index contributed by atoms with van der Waals surface area (Å²) in [5, 5.41) is 15.1. The van der Waals surface area contributed by atoms with Crippen molar-refractivity contribution in [2.45, 2.75) is 20.8 Å². The van der Waals surface area contributed by atoms with Crippen LogP contribution in [0.15, 0.2) is 58.0 Å². The van der Waals surface area contributed by atoms with Gasteiger partial charge >= 0.3 is 0 Å². The number of hydrazone groups is 1. The summed E-state index contributed by atoms with van der Waals surface area (Å²) >= 11 is 0. The lowest BCUT2D eigenvalue weighted by atomic mass is 10.1. The minimum absolute atomic E-state index is 0.0970. The second-order valence-corrected chi connectivity index (χ2v) is 6.15. The third kappa shape index (κ3) is 3.80. The largest absolute Gasteiger partial charge is 0.455 e. The Morgan fingerprint density at radius 3 is 2.54 bits per heavy atom. The molecular weight excluding hydrogens is 330 g/mol. The molecule has 132 valence electrons. The van der Waals surface area contributed by atoms with Gasteiger partial charge in [-0.05, 0) is 56.7 Å². The van der Waals surface area contributed by atoms with Crippen LogP contribution in [0.4, 0.5) is 11.4 Å². The van der Waals surface area contributed by atoms with Crippen LogP contribution >= 0.6 is 0 Å². The van der Waals surface area contributed by atoms with Gasteiger partial charge in [0.2, 0.25) is 0 Å². The van der Waals surface area contributed by atoms with E-state index in [0.717, 1.165) is 16.8 Å². The first kappa shape index (κ1) is 17.4. The third-order valence-corrected chi connectivity index (χ3v) is 4.06. The second kappa shape index (κ2) is 7.23. The number of benzene rings is 2. The molecule has 0 atom stereocenters. The molecule has 3 rings (SSSR count). The Labute approximate surface area is 151 Å². The Balaban J connectivity index is 1.73. The van der Waals surface area contributed by atoms with E-state index in [-0.39, 0.29) is 5.69 Å². The number of aryl methyl sites for hydroxylation is 3. The van der Waals surface area contributed by atoms with Crippen molar-refractivity contribution in [2.24, 2.45) is 5.10 Å². The molecule has 2 aromatic carbocycles. The summed E-state index contributed by atoms with van der Waals surface area (Å²) in [7, 11) is 0. The smallest absolute Gasteiger partial charge is 0.272 e. The zero-order valence-corrected chi connectivity index (χ0v) is 14.8. The van der Waals surface area contributed by atoms with E-state index >= 15 is 0 Å². The number of nitro groups is 1. The number of hydrogen-bond donors (Lipinski definition) is 1. The third-order valence-electron chi connectivity index (χ3n) is 4.06. The molecule has 1 aromatic heterocycles. The van der Waals surface area contributed by atoms with E-state index in [1.54, 1.807) is 31.3 Å². The number of furan rings is 1. The molecule has 0 aliphatic heterocycles. The summed E-state index contributed by atoms with van der Waals surface area (Å²) < 4.78 is 5.75. The van der Waals surface area contributed by atoms with Gasteiger partial charge in [-0.1, -0.05) is 17.7 Å². The normalized spacial score (nSPS) is 11.0. The van der Waals surface area contributed by atoms with Gasteiger partial charge in [0.1, 0.15) is 11.5 Å². The predicted octanol–water partition coefficient (Wildman–Crippen LogP) is 5.23. The van der Waals surface area contributed by atoms with Crippen molar-refractivity contribution >= 4 is 17.6 Å². The van der Waals surface area contributed by atoms with Crippen molar-refractivity contribution in [1.82, 2.24) is 0 Å². The monoisotopic (exact) mass is 349 g/mol. The summed E-state index contributed by atoms with van der Waals surface area (Å²) in [6.07, 6.45) is 1.60. The Morgan fingerprint density at radius 2 is 1.85 bits per heavy atom. The van der Waals surface area contributed by atoms with E-state index in [0.29, 0.717) is 17.1 Å². The van der Waals surface area contributed by atoms with Crippen LogP contribution in [-0.4, -0.2) is 11.1 Å². The molecule has 3 aromatic rings. The molecule has 0 aliphatic carbocycles. The molecule has 0 unspecified atom stereocenters. The molecule has 26 heavy (non-hydrogen) atoms. The van der Waals surface area contributed by atoms with Crippen molar-refractivity contribution in [3.05, 3.63) is 81.1 Å². The highest BCUT2D eigenvalue weighted by Gasteiger charge is 2.12. The first-order chi connectivity index (χ1) is 12.4. The van der Waals surface area contributed by atoms with E-state index in [9.17, 15) is 10.1 Å². The lowest BCUT2D eigenvalue weighted by molar-refractivity contribution is -0.385. The summed E-state index contributed by atoms with van der Waals surface area (Å²) in [4.78, 5) is 10.5. The first-order valence-electron chi connectivity index (χ1n) is 8.15. The standard InChI is InChI=1S/C20H19N3O3/c1-13-4-7-18(14(2)10-13)22-21-12-17-6-9-20(26-17)16-5-8-19(23(24)25)15(3)11-16/h4-12,22H,1-3H3/b21-12-. The molecule has 0 amide bonds. The van der Waals surface area contributed by atoms with E-state index in [2.05, 4.69) is 16.6 Å². The quantitative estimate of drug-likeness (QED) is 0.389. The first-order valence-corrected chi connectivity index (χ1v) is 8.15. The zero-order valence-electron chi connectivity index (χ0n) is 14.8. The summed E-state index contributed by atoms with van der Waals surface area (Å²) in [6.45, 7) is 5.78. The van der Waals surface area contributed by atoms with Crippen LogP contribution in [0.3, 0.4) is 0 Å². The average molecular weight is 349 g/mol. The van der Waals surface area contributed by atoms with Crippen LogP contribution in [-0.2, 0) is 0 Å². The Kier molecular flexibility index (Phi) is 4.84. The van der Waals surface area contributed by atoms with Gasteiger partial charge in [-0.25, -0.2) is 0 Å². The van der Waals surface area contributed by atoms with Crippen LogP contribution in [0.2, 0.25) is 0 Å². The van der Waals surface area contributed by atoms with Gasteiger partial charge in [0, 0.05) is 17.2 Å². The maximum Gasteiger partial charge on any atom is 0.272 e. The fraction of sp³-hybridized carbons (Fsp3) is 0.150. The lowest BCUT2D eigenvalue weighted by Crippen LogP contribution is -1.93. The summed E-state index contributed by atoms with van der Waals surface area (Å²) in [5.74, 6) is 1.23. The number of nitro benzene ring substituents is 1. The van der Waals surface area contributed by atoms with Crippen LogP contribution in [0.5, 0.6) is 0 Å². The van der Waals surface area contributed by atoms with Crippen molar-refractivity contribution < 1.29 is 9.34 Å². The van der Waals surface area contributed by atoms with Gasteiger partial charge in [0.05, 0.1) is 16.8 Å². The van der Waals surface area contributed by atoms with E-state index in [1.807, 2.05) is 32.0 Å². The van der Waals surface area contributed by atoms with Gasteiger partial charge < -0.3 is 4.42 Å². The molecule has 0 radical (unpaired) electrons. The molecule has 1 heterocycles. The molecule has 0 saturated heterocycles. The van der Waals surface area contributed by atoms with Gasteiger partial charge in [-0.3, -0.25) is 15.5 Å². The van der Waals surface area contributed by atoms with Gasteiger partial charge in [0.15, 0.2) is 0 Å². The molecule has 0 bridgehead atoms. The number of nitrogens with one attached hydrogen (secondary N) is 1. The molecule has 1 N–H and O–H groups in total. The number of rotatable bonds is 5. The SMILES string of the molecule is Cc1ccc(N/N=C\c2ccc(-c3ccc([N+](=O)[O-])c(C)c3)o2)c(C)c1. The minimum Gasteiger partial charge on any atom is -0.455 e. The molecule has 0 spiro atoms.